The number of ether oxygens (including phenoxy) is 2. The van der Waals surface area contributed by atoms with Crippen LogP contribution in [0.1, 0.15) is 45.8 Å². The van der Waals surface area contributed by atoms with Crippen molar-refractivity contribution in [1.82, 2.24) is 14.8 Å². The van der Waals surface area contributed by atoms with Crippen molar-refractivity contribution in [2.75, 3.05) is 26.3 Å². The summed E-state index contributed by atoms with van der Waals surface area (Å²) < 4.78 is 12.7. The number of ketones is 2. The van der Waals surface area contributed by atoms with Gasteiger partial charge in [-0.05, 0) is 36.2 Å². The molecule has 1 aliphatic carbocycles. The predicted molar refractivity (Wildman–Crippen MR) is 134 cm³/mol. The highest BCUT2D eigenvalue weighted by Gasteiger charge is 2.40. The Balaban J connectivity index is 1.15. The number of rotatable bonds is 6. The second-order valence-electron chi connectivity index (χ2n) is 9.54. The van der Waals surface area contributed by atoms with Crippen LogP contribution < -0.4 is 4.74 Å². The first kappa shape index (κ1) is 23.3. The molecule has 2 fully saturated rings. The number of hydrogen-bond acceptors (Lipinski definition) is 8. The third-order valence-corrected chi connectivity index (χ3v) is 8.14. The number of Topliss-reactive ketones (excluding diaryl/α,β-unsaturated/α-hetero) is 2. The quantitative estimate of drug-likeness (QED) is 0.475. The van der Waals surface area contributed by atoms with Crippen LogP contribution in [0.2, 0.25) is 0 Å². The molecule has 3 aliphatic rings. The Labute approximate surface area is 212 Å². The Bertz CT molecular complexity index is 1350. The molecule has 0 spiro atoms. The SMILES string of the molecule is O=C1CC[C@@H](N2Cc3c(OCc4nc5cc(CN6CCOCC6)ccc5s4)cccc3C2=O)C(=O)C1. The summed E-state index contributed by atoms with van der Waals surface area (Å²) in [6.45, 7) is 4.97. The second-order valence-corrected chi connectivity index (χ2v) is 10.7. The molecule has 9 heteroatoms. The molecular weight excluding hydrogens is 478 g/mol. The van der Waals surface area contributed by atoms with Gasteiger partial charge in [-0.15, -0.1) is 11.3 Å². The van der Waals surface area contributed by atoms with Crippen LogP contribution in [-0.2, 0) is 34.0 Å². The molecular formula is C27H27N3O5S. The van der Waals surface area contributed by atoms with E-state index in [9.17, 15) is 14.4 Å². The van der Waals surface area contributed by atoms with Gasteiger partial charge in [0, 0.05) is 37.2 Å². The molecule has 0 radical (unpaired) electrons. The summed E-state index contributed by atoms with van der Waals surface area (Å²) in [5.74, 6) is 0.247. The summed E-state index contributed by atoms with van der Waals surface area (Å²) in [7, 11) is 0. The van der Waals surface area contributed by atoms with Crippen molar-refractivity contribution in [1.29, 1.82) is 0 Å². The van der Waals surface area contributed by atoms with Gasteiger partial charge in [0.2, 0.25) is 0 Å². The average molecular weight is 506 g/mol. The number of amides is 1. The Morgan fingerprint density at radius 2 is 1.97 bits per heavy atom. The van der Waals surface area contributed by atoms with Gasteiger partial charge in [-0.1, -0.05) is 12.1 Å². The van der Waals surface area contributed by atoms with E-state index in [0.717, 1.165) is 53.6 Å². The fourth-order valence-corrected chi connectivity index (χ4v) is 6.10. The zero-order valence-corrected chi connectivity index (χ0v) is 20.7. The number of fused-ring (bicyclic) bond motifs is 2. The van der Waals surface area contributed by atoms with Crippen LogP contribution >= 0.6 is 11.3 Å². The highest BCUT2D eigenvalue weighted by molar-refractivity contribution is 7.18. The minimum Gasteiger partial charge on any atom is -0.486 e. The molecule has 0 unspecified atom stereocenters. The molecule has 1 saturated carbocycles. The van der Waals surface area contributed by atoms with E-state index in [-0.39, 0.29) is 23.9 Å². The summed E-state index contributed by atoms with van der Waals surface area (Å²) in [4.78, 5) is 45.9. The molecule has 1 saturated heterocycles. The standard InChI is InChI=1S/C27H27N3O5S/c31-18-5-6-22(23(32)13-18)30-15-20-19(27(30)33)2-1-3-24(20)35-16-26-28-21-12-17(4-7-25(21)36-26)14-29-8-10-34-11-9-29/h1-4,7,12,22H,5-6,8-11,13-16H2/t22-/m1/s1. The lowest BCUT2D eigenvalue weighted by Gasteiger charge is -2.29. The van der Waals surface area contributed by atoms with E-state index < -0.39 is 6.04 Å². The van der Waals surface area contributed by atoms with Gasteiger partial charge in [0.25, 0.3) is 5.91 Å². The van der Waals surface area contributed by atoms with Crippen molar-refractivity contribution >= 4 is 39.0 Å². The maximum Gasteiger partial charge on any atom is 0.255 e. The number of carbonyl (C=O) groups is 3. The van der Waals surface area contributed by atoms with Crippen molar-refractivity contribution in [3.8, 4) is 5.75 Å². The average Bonchev–Trinajstić information content (AvgIpc) is 3.44. The highest BCUT2D eigenvalue weighted by atomic mass is 32.1. The maximum atomic E-state index is 13.1. The van der Waals surface area contributed by atoms with Gasteiger partial charge in [0.15, 0.2) is 5.78 Å². The van der Waals surface area contributed by atoms with Gasteiger partial charge < -0.3 is 14.4 Å². The molecule has 2 aliphatic heterocycles. The molecule has 0 N–H and O–H groups in total. The van der Waals surface area contributed by atoms with Crippen molar-refractivity contribution in [2.24, 2.45) is 0 Å². The molecule has 36 heavy (non-hydrogen) atoms. The normalized spacial score (nSPS) is 20.8. The van der Waals surface area contributed by atoms with E-state index in [1.165, 1.54) is 5.56 Å². The number of hydrogen-bond donors (Lipinski definition) is 0. The third-order valence-electron chi connectivity index (χ3n) is 7.13. The molecule has 0 bridgehead atoms. The number of nitrogens with zero attached hydrogens (tertiary/aromatic N) is 3. The Hall–Kier alpha value is -3.14. The zero-order chi connectivity index (χ0) is 24.6. The van der Waals surface area contributed by atoms with Gasteiger partial charge in [0.1, 0.15) is 23.1 Å². The van der Waals surface area contributed by atoms with Crippen molar-refractivity contribution in [3.63, 3.8) is 0 Å². The third kappa shape index (κ3) is 4.54. The fraction of sp³-hybridized carbons (Fsp3) is 0.407. The lowest BCUT2D eigenvalue weighted by atomic mass is 9.92. The molecule has 8 nitrogen and oxygen atoms in total. The Morgan fingerprint density at radius 3 is 2.81 bits per heavy atom. The van der Waals surface area contributed by atoms with Crippen LogP contribution in [0.4, 0.5) is 0 Å². The zero-order valence-electron chi connectivity index (χ0n) is 19.9. The summed E-state index contributed by atoms with van der Waals surface area (Å²) >= 11 is 1.61. The van der Waals surface area contributed by atoms with E-state index in [2.05, 4.69) is 23.1 Å². The molecule has 3 aromatic rings. The van der Waals surface area contributed by atoms with Crippen LogP contribution in [0, 0.1) is 0 Å². The Morgan fingerprint density at radius 1 is 1.11 bits per heavy atom. The summed E-state index contributed by atoms with van der Waals surface area (Å²) in [5.41, 5.74) is 3.56. The molecule has 3 heterocycles. The first-order chi connectivity index (χ1) is 17.5. The molecule has 1 amide bonds. The summed E-state index contributed by atoms with van der Waals surface area (Å²) in [6, 6.07) is 11.3. The predicted octanol–water partition coefficient (Wildman–Crippen LogP) is 3.35. The monoisotopic (exact) mass is 505 g/mol. The van der Waals surface area contributed by atoms with E-state index in [0.29, 0.717) is 37.3 Å². The molecule has 1 aromatic heterocycles. The van der Waals surface area contributed by atoms with Crippen LogP contribution in [-0.4, -0.2) is 64.6 Å². The first-order valence-corrected chi connectivity index (χ1v) is 13.2. The van der Waals surface area contributed by atoms with Crippen LogP contribution in [0.5, 0.6) is 5.75 Å². The van der Waals surface area contributed by atoms with Gasteiger partial charge in [-0.25, -0.2) is 4.98 Å². The smallest absolute Gasteiger partial charge is 0.255 e. The minimum absolute atomic E-state index is 0.0477. The highest BCUT2D eigenvalue weighted by Crippen LogP contribution is 2.35. The lowest BCUT2D eigenvalue weighted by Crippen LogP contribution is -2.44. The number of benzene rings is 2. The second kappa shape index (κ2) is 9.72. The van der Waals surface area contributed by atoms with Crippen molar-refractivity contribution in [3.05, 3.63) is 58.1 Å². The first-order valence-electron chi connectivity index (χ1n) is 12.3. The van der Waals surface area contributed by atoms with Crippen molar-refractivity contribution in [2.45, 2.75) is 45.0 Å². The topological polar surface area (TPSA) is 89.0 Å². The molecule has 2 aromatic carbocycles. The molecule has 186 valence electrons. The number of thiazole rings is 1. The van der Waals surface area contributed by atoms with Gasteiger partial charge in [-0.3, -0.25) is 19.3 Å². The number of aromatic nitrogens is 1. The molecule has 6 rings (SSSR count). The van der Waals surface area contributed by atoms with E-state index in [1.807, 2.05) is 6.07 Å². The van der Waals surface area contributed by atoms with Crippen LogP contribution in [0.15, 0.2) is 36.4 Å². The van der Waals surface area contributed by atoms with E-state index >= 15 is 0 Å². The maximum absolute atomic E-state index is 13.1. The van der Waals surface area contributed by atoms with Gasteiger partial charge in [-0.2, -0.15) is 0 Å². The fourth-order valence-electron chi connectivity index (χ4n) is 5.24. The van der Waals surface area contributed by atoms with Gasteiger partial charge >= 0.3 is 0 Å². The largest absolute Gasteiger partial charge is 0.486 e. The summed E-state index contributed by atoms with van der Waals surface area (Å²) in [5, 5.41) is 0.869. The van der Waals surface area contributed by atoms with E-state index in [1.54, 1.807) is 28.4 Å². The lowest BCUT2D eigenvalue weighted by molar-refractivity contribution is -0.133. The van der Waals surface area contributed by atoms with Crippen LogP contribution in [0.25, 0.3) is 10.2 Å². The van der Waals surface area contributed by atoms with Crippen molar-refractivity contribution < 1.29 is 23.9 Å². The molecule has 1 atom stereocenters. The number of morpholine rings is 1. The van der Waals surface area contributed by atoms with E-state index in [4.69, 9.17) is 14.5 Å². The summed E-state index contributed by atoms with van der Waals surface area (Å²) in [6.07, 6.45) is 0.651. The Kier molecular flexibility index (Phi) is 6.29. The van der Waals surface area contributed by atoms with Gasteiger partial charge in [0.05, 0.1) is 42.4 Å². The minimum atomic E-state index is -0.536. The van der Waals surface area contributed by atoms with Crippen LogP contribution in [0.3, 0.4) is 0 Å². The number of carbonyl (C=O) groups excluding carboxylic acids is 3.